The molecular formula is C20H25FN2O3. The van der Waals surface area contributed by atoms with E-state index in [-0.39, 0.29) is 23.8 Å². The molecule has 0 saturated heterocycles. The molecule has 2 rings (SSSR count). The standard InChI is InChI=1S/C20H25FN2O3/c1-14(16-4-6-17(21)7-5-16)23-20(24)15(2)22-12-13-26-19-10-8-18(25-3)9-11-19/h4-11,14-15,22H,12-13H2,1-3H3,(H,23,24)/t14-,15+/m0/s1. The summed E-state index contributed by atoms with van der Waals surface area (Å²) in [6, 6.07) is 12.9. The van der Waals surface area contributed by atoms with Crippen LogP contribution in [-0.2, 0) is 4.79 Å². The van der Waals surface area contributed by atoms with Crippen LogP contribution in [0.3, 0.4) is 0 Å². The third kappa shape index (κ3) is 6.04. The van der Waals surface area contributed by atoms with Crippen molar-refractivity contribution in [3.63, 3.8) is 0 Å². The minimum atomic E-state index is -0.364. The topological polar surface area (TPSA) is 59.6 Å². The molecule has 2 N–H and O–H groups in total. The van der Waals surface area contributed by atoms with E-state index in [0.717, 1.165) is 17.1 Å². The molecule has 0 bridgehead atoms. The van der Waals surface area contributed by atoms with Crippen LogP contribution in [0.5, 0.6) is 11.5 Å². The summed E-state index contributed by atoms with van der Waals surface area (Å²) < 4.78 is 23.7. The molecule has 2 aromatic carbocycles. The van der Waals surface area contributed by atoms with Crippen LogP contribution in [0.25, 0.3) is 0 Å². The number of nitrogens with one attached hydrogen (secondary N) is 2. The Kier molecular flexibility index (Phi) is 7.41. The fourth-order valence-corrected chi connectivity index (χ4v) is 2.38. The first-order valence-electron chi connectivity index (χ1n) is 8.55. The van der Waals surface area contributed by atoms with Crippen LogP contribution in [0, 0.1) is 5.82 Å². The molecule has 5 nitrogen and oxygen atoms in total. The van der Waals surface area contributed by atoms with Crippen molar-refractivity contribution in [1.29, 1.82) is 0 Å². The van der Waals surface area contributed by atoms with Crippen LogP contribution in [0.1, 0.15) is 25.5 Å². The second kappa shape index (κ2) is 9.77. The van der Waals surface area contributed by atoms with Gasteiger partial charge in [0.1, 0.15) is 23.9 Å². The van der Waals surface area contributed by atoms with Crippen LogP contribution >= 0.6 is 0 Å². The van der Waals surface area contributed by atoms with E-state index in [0.29, 0.717) is 13.2 Å². The zero-order valence-corrected chi connectivity index (χ0v) is 15.3. The Morgan fingerprint density at radius 1 is 1.04 bits per heavy atom. The van der Waals surface area contributed by atoms with Gasteiger partial charge in [0.2, 0.25) is 5.91 Å². The van der Waals surface area contributed by atoms with Crippen molar-refractivity contribution in [2.75, 3.05) is 20.3 Å². The Bertz CT molecular complexity index is 689. The molecule has 1 amide bonds. The number of amides is 1. The molecule has 0 aliphatic rings. The molecule has 0 heterocycles. The Morgan fingerprint density at radius 2 is 1.65 bits per heavy atom. The average Bonchev–Trinajstić information content (AvgIpc) is 2.66. The minimum Gasteiger partial charge on any atom is -0.497 e. The van der Waals surface area contributed by atoms with Crippen molar-refractivity contribution in [1.82, 2.24) is 10.6 Å². The third-order valence-corrected chi connectivity index (χ3v) is 4.00. The van der Waals surface area contributed by atoms with Gasteiger partial charge >= 0.3 is 0 Å². The van der Waals surface area contributed by atoms with Gasteiger partial charge in [0, 0.05) is 6.54 Å². The fraction of sp³-hybridized carbons (Fsp3) is 0.350. The van der Waals surface area contributed by atoms with Gasteiger partial charge in [0.25, 0.3) is 0 Å². The van der Waals surface area contributed by atoms with Crippen molar-refractivity contribution in [2.45, 2.75) is 25.9 Å². The van der Waals surface area contributed by atoms with E-state index < -0.39 is 0 Å². The second-order valence-corrected chi connectivity index (χ2v) is 5.98. The maximum absolute atomic E-state index is 13.0. The number of methoxy groups -OCH3 is 1. The van der Waals surface area contributed by atoms with E-state index in [4.69, 9.17) is 9.47 Å². The van der Waals surface area contributed by atoms with Crippen LogP contribution in [0.15, 0.2) is 48.5 Å². The van der Waals surface area contributed by atoms with E-state index in [1.165, 1.54) is 12.1 Å². The number of hydrogen-bond acceptors (Lipinski definition) is 4. The number of benzene rings is 2. The van der Waals surface area contributed by atoms with Gasteiger partial charge in [-0.05, 0) is 55.8 Å². The maximum atomic E-state index is 13.0. The van der Waals surface area contributed by atoms with Crippen molar-refractivity contribution < 1.29 is 18.7 Å². The summed E-state index contributed by atoms with van der Waals surface area (Å²) in [5.74, 6) is 1.11. The van der Waals surface area contributed by atoms with Gasteiger partial charge < -0.3 is 20.1 Å². The number of hydrogen-bond donors (Lipinski definition) is 2. The van der Waals surface area contributed by atoms with Crippen molar-refractivity contribution in [3.05, 3.63) is 59.9 Å². The molecule has 0 unspecified atom stereocenters. The molecular weight excluding hydrogens is 335 g/mol. The Balaban J connectivity index is 1.70. The van der Waals surface area contributed by atoms with Gasteiger partial charge in [-0.25, -0.2) is 4.39 Å². The highest BCUT2D eigenvalue weighted by Crippen LogP contribution is 2.16. The summed E-state index contributed by atoms with van der Waals surface area (Å²) >= 11 is 0. The third-order valence-electron chi connectivity index (χ3n) is 4.00. The quantitative estimate of drug-likeness (QED) is 0.675. The molecule has 0 aliphatic heterocycles. The highest BCUT2D eigenvalue weighted by molar-refractivity contribution is 5.81. The van der Waals surface area contributed by atoms with Crippen molar-refractivity contribution in [3.8, 4) is 11.5 Å². The maximum Gasteiger partial charge on any atom is 0.237 e. The Labute approximate surface area is 153 Å². The van der Waals surface area contributed by atoms with Gasteiger partial charge in [-0.15, -0.1) is 0 Å². The molecule has 2 atom stereocenters. The first-order chi connectivity index (χ1) is 12.5. The van der Waals surface area contributed by atoms with Crippen LogP contribution < -0.4 is 20.1 Å². The lowest BCUT2D eigenvalue weighted by atomic mass is 10.1. The van der Waals surface area contributed by atoms with E-state index in [9.17, 15) is 9.18 Å². The molecule has 0 aliphatic carbocycles. The van der Waals surface area contributed by atoms with Crippen LogP contribution in [-0.4, -0.2) is 32.2 Å². The predicted molar refractivity (Wildman–Crippen MR) is 98.9 cm³/mol. The monoisotopic (exact) mass is 360 g/mol. The number of carbonyl (C=O) groups excluding carboxylic acids is 1. The second-order valence-electron chi connectivity index (χ2n) is 5.98. The van der Waals surface area contributed by atoms with Crippen LogP contribution in [0.2, 0.25) is 0 Å². The van der Waals surface area contributed by atoms with Crippen molar-refractivity contribution >= 4 is 5.91 Å². The number of halogens is 1. The molecule has 0 radical (unpaired) electrons. The first-order valence-corrected chi connectivity index (χ1v) is 8.55. The van der Waals surface area contributed by atoms with E-state index in [1.807, 2.05) is 31.2 Å². The zero-order valence-electron chi connectivity index (χ0n) is 15.3. The van der Waals surface area contributed by atoms with Gasteiger partial charge in [-0.1, -0.05) is 12.1 Å². The van der Waals surface area contributed by atoms with Crippen LogP contribution in [0.4, 0.5) is 4.39 Å². The SMILES string of the molecule is COc1ccc(OCCN[C@H](C)C(=O)N[C@@H](C)c2ccc(F)cc2)cc1. The van der Waals surface area contributed by atoms with Crippen molar-refractivity contribution in [2.24, 2.45) is 0 Å². The summed E-state index contributed by atoms with van der Waals surface area (Å²) in [5, 5.41) is 6.03. The van der Waals surface area contributed by atoms with E-state index in [2.05, 4.69) is 10.6 Å². The van der Waals surface area contributed by atoms with Gasteiger partial charge in [0.15, 0.2) is 0 Å². The summed E-state index contributed by atoms with van der Waals surface area (Å²) in [4.78, 5) is 12.2. The first kappa shape index (κ1) is 19.7. The molecule has 0 fully saturated rings. The summed E-state index contributed by atoms with van der Waals surface area (Å²) in [6.45, 7) is 4.63. The molecule has 0 aromatic heterocycles. The number of carbonyl (C=O) groups is 1. The zero-order chi connectivity index (χ0) is 18.9. The smallest absolute Gasteiger partial charge is 0.237 e. The predicted octanol–water partition coefficient (Wildman–Crippen LogP) is 3.07. The molecule has 26 heavy (non-hydrogen) atoms. The van der Waals surface area contributed by atoms with E-state index in [1.54, 1.807) is 26.2 Å². The number of rotatable bonds is 9. The Morgan fingerprint density at radius 3 is 2.27 bits per heavy atom. The lowest BCUT2D eigenvalue weighted by Crippen LogP contribution is -2.44. The summed E-state index contributed by atoms with van der Waals surface area (Å²) in [7, 11) is 1.61. The summed E-state index contributed by atoms with van der Waals surface area (Å²) in [5.41, 5.74) is 0.856. The lowest BCUT2D eigenvalue weighted by molar-refractivity contribution is -0.123. The molecule has 140 valence electrons. The Hall–Kier alpha value is -2.60. The molecule has 6 heteroatoms. The fourth-order valence-electron chi connectivity index (χ4n) is 2.38. The number of ether oxygens (including phenoxy) is 2. The molecule has 0 saturated carbocycles. The highest BCUT2D eigenvalue weighted by Gasteiger charge is 2.15. The highest BCUT2D eigenvalue weighted by atomic mass is 19.1. The lowest BCUT2D eigenvalue weighted by Gasteiger charge is -2.19. The largest absolute Gasteiger partial charge is 0.497 e. The average molecular weight is 360 g/mol. The van der Waals surface area contributed by atoms with E-state index >= 15 is 0 Å². The van der Waals surface area contributed by atoms with Gasteiger partial charge in [-0.2, -0.15) is 0 Å². The minimum absolute atomic E-state index is 0.119. The van der Waals surface area contributed by atoms with Gasteiger partial charge in [-0.3, -0.25) is 4.79 Å². The molecule has 0 spiro atoms. The molecule has 2 aromatic rings. The normalized spacial score (nSPS) is 12.9. The van der Waals surface area contributed by atoms with Gasteiger partial charge in [0.05, 0.1) is 19.2 Å². The summed E-state index contributed by atoms with van der Waals surface area (Å²) in [6.07, 6.45) is 0.